The zero-order valence-electron chi connectivity index (χ0n) is 8.85. The second-order valence-corrected chi connectivity index (χ2v) is 5.36. The maximum atomic E-state index is 5.21. The smallest absolute Gasteiger partial charge is 0.372 e. The van der Waals surface area contributed by atoms with Gasteiger partial charge in [0.25, 0.3) is 0 Å². The summed E-state index contributed by atoms with van der Waals surface area (Å²) in [6.07, 6.45) is 1.62. The first kappa shape index (κ1) is 13.8. The molecule has 0 bridgehead atoms. The van der Waals surface area contributed by atoms with E-state index in [4.69, 9.17) is 13.3 Å². The molecule has 0 aromatic rings. The molecule has 0 heterocycles. The SMILES string of the molecule is CN=C(N=CCS)[Si](OC)(OC)OC. The molecule has 0 fully saturated rings. The minimum atomic E-state index is -2.87. The average Bonchev–Trinajstić information content (AvgIpc) is 2.25. The van der Waals surface area contributed by atoms with Gasteiger partial charge in [0.2, 0.25) is 0 Å². The van der Waals surface area contributed by atoms with Gasteiger partial charge in [-0.15, -0.1) is 0 Å². The van der Waals surface area contributed by atoms with Crippen molar-refractivity contribution in [3.63, 3.8) is 0 Å². The lowest BCUT2D eigenvalue weighted by atomic mass is 10.9. The van der Waals surface area contributed by atoms with Gasteiger partial charge in [-0.2, -0.15) is 12.6 Å². The first-order chi connectivity index (χ1) is 6.70. The third-order valence-electron chi connectivity index (χ3n) is 1.59. The summed E-state index contributed by atoms with van der Waals surface area (Å²) >= 11 is 4.01. The Morgan fingerprint density at radius 3 is 2.07 bits per heavy atom. The van der Waals surface area contributed by atoms with Crippen molar-refractivity contribution in [1.29, 1.82) is 0 Å². The topological polar surface area (TPSA) is 52.4 Å². The number of amidine groups is 1. The highest BCUT2D eigenvalue weighted by Crippen LogP contribution is 2.09. The predicted octanol–water partition coefficient (Wildman–Crippen LogP) is 0.433. The highest BCUT2D eigenvalue weighted by atomic mass is 32.1. The third kappa shape index (κ3) is 3.17. The summed E-state index contributed by atoms with van der Waals surface area (Å²) in [4.78, 5) is 8.06. The van der Waals surface area contributed by atoms with Crippen molar-refractivity contribution in [2.24, 2.45) is 9.98 Å². The minimum absolute atomic E-state index is 0.444. The van der Waals surface area contributed by atoms with Crippen LogP contribution in [0.15, 0.2) is 9.98 Å². The van der Waals surface area contributed by atoms with E-state index in [1.165, 1.54) is 21.3 Å². The van der Waals surface area contributed by atoms with Crippen LogP contribution in [0.2, 0.25) is 0 Å². The number of hydrogen-bond donors (Lipinski definition) is 1. The molecular formula is C7H16N2O3SSi. The fourth-order valence-corrected chi connectivity index (χ4v) is 2.58. The van der Waals surface area contributed by atoms with Crippen LogP contribution >= 0.6 is 12.6 Å². The Labute approximate surface area is 91.0 Å². The van der Waals surface area contributed by atoms with E-state index in [9.17, 15) is 0 Å². The van der Waals surface area contributed by atoms with Crippen molar-refractivity contribution in [2.75, 3.05) is 34.1 Å². The van der Waals surface area contributed by atoms with E-state index in [-0.39, 0.29) is 0 Å². The Bertz CT molecular complexity index is 211. The quantitative estimate of drug-likeness (QED) is 0.326. The predicted molar refractivity (Wildman–Crippen MR) is 62.5 cm³/mol. The van der Waals surface area contributed by atoms with Gasteiger partial charge in [0.05, 0.1) is 0 Å². The lowest BCUT2D eigenvalue weighted by Crippen LogP contribution is -2.51. The van der Waals surface area contributed by atoms with Gasteiger partial charge < -0.3 is 13.3 Å². The van der Waals surface area contributed by atoms with Crippen LogP contribution in [0.3, 0.4) is 0 Å². The zero-order valence-corrected chi connectivity index (χ0v) is 10.7. The number of aliphatic imine (C=N–C) groups is 2. The standard InChI is InChI=1S/C7H16N2O3SSi/c1-8-7(9-5-6-13)14(10-2,11-3)12-4/h5,13H,6H2,1-4H3. The van der Waals surface area contributed by atoms with Gasteiger partial charge >= 0.3 is 8.80 Å². The molecule has 0 aliphatic carbocycles. The lowest BCUT2D eigenvalue weighted by Gasteiger charge is -2.22. The second-order valence-electron chi connectivity index (χ2n) is 2.21. The molecule has 5 nitrogen and oxygen atoms in total. The van der Waals surface area contributed by atoms with Crippen LogP contribution in [-0.4, -0.2) is 54.6 Å². The zero-order chi connectivity index (χ0) is 11.0. The monoisotopic (exact) mass is 236 g/mol. The highest BCUT2D eigenvalue weighted by Gasteiger charge is 2.45. The molecule has 0 saturated heterocycles. The van der Waals surface area contributed by atoms with E-state index in [1.54, 1.807) is 13.3 Å². The van der Waals surface area contributed by atoms with Crippen molar-refractivity contribution in [3.05, 3.63) is 0 Å². The molecule has 0 atom stereocenters. The number of nitrogens with zero attached hydrogens (tertiary/aromatic N) is 2. The van der Waals surface area contributed by atoms with Crippen LogP contribution < -0.4 is 0 Å². The van der Waals surface area contributed by atoms with Gasteiger partial charge in [-0.05, 0) is 0 Å². The molecule has 0 rings (SSSR count). The van der Waals surface area contributed by atoms with Gasteiger partial charge in [-0.25, -0.2) is 4.99 Å². The summed E-state index contributed by atoms with van der Waals surface area (Å²) in [5, 5.41) is 0. The van der Waals surface area contributed by atoms with Crippen LogP contribution in [-0.2, 0) is 13.3 Å². The van der Waals surface area contributed by atoms with E-state index in [1.807, 2.05) is 0 Å². The number of hydrogen-bond acceptors (Lipinski definition) is 5. The molecule has 0 aliphatic heterocycles. The van der Waals surface area contributed by atoms with Crippen molar-refractivity contribution < 1.29 is 13.3 Å². The number of thiol groups is 1. The van der Waals surface area contributed by atoms with E-state index >= 15 is 0 Å². The molecule has 0 saturated carbocycles. The van der Waals surface area contributed by atoms with Crippen LogP contribution in [0.25, 0.3) is 0 Å². The molecule has 82 valence electrons. The summed E-state index contributed by atoms with van der Waals surface area (Å²) in [5.74, 6) is 0.528. The van der Waals surface area contributed by atoms with Gasteiger partial charge in [0.15, 0.2) is 5.46 Å². The van der Waals surface area contributed by atoms with Crippen molar-refractivity contribution >= 4 is 33.1 Å². The first-order valence-electron chi connectivity index (χ1n) is 3.96. The van der Waals surface area contributed by atoms with Crippen LogP contribution in [0.4, 0.5) is 0 Å². The van der Waals surface area contributed by atoms with E-state index in [0.717, 1.165) is 0 Å². The van der Waals surface area contributed by atoms with Crippen molar-refractivity contribution in [1.82, 2.24) is 0 Å². The fraction of sp³-hybridized carbons (Fsp3) is 0.714. The summed E-state index contributed by atoms with van der Waals surface area (Å²) in [6.45, 7) is 0. The average molecular weight is 236 g/mol. The molecule has 7 heteroatoms. The summed E-state index contributed by atoms with van der Waals surface area (Å²) < 4.78 is 15.6. The Balaban J connectivity index is 4.86. The normalized spacial score (nSPS) is 13.9. The summed E-state index contributed by atoms with van der Waals surface area (Å²) in [5.41, 5.74) is 0.444. The van der Waals surface area contributed by atoms with Crippen molar-refractivity contribution in [2.45, 2.75) is 0 Å². The molecule has 0 unspecified atom stereocenters. The maximum absolute atomic E-state index is 5.21. The molecule has 0 aromatic carbocycles. The van der Waals surface area contributed by atoms with Gasteiger partial charge in [0, 0.05) is 40.3 Å². The second kappa shape index (κ2) is 7.13. The van der Waals surface area contributed by atoms with Crippen molar-refractivity contribution in [3.8, 4) is 0 Å². The summed E-state index contributed by atoms with van der Waals surface area (Å²) in [6, 6.07) is 0. The van der Waals surface area contributed by atoms with Crippen LogP contribution in [0.5, 0.6) is 0 Å². The van der Waals surface area contributed by atoms with Crippen LogP contribution in [0.1, 0.15) is 0 Å². The van der Waals surface area contributed by atoms with E-state index in [2.05, 4.69) is 22.6 Å². The Kier molecular flexibility index (Phi) is 7.02. The molecular weight excluding hydrogens is 220 g/mol. The molecule has 0 N–H and O–H groups in total. The third-order valence-corrected chi connectivity index (χ3v) is 4.26. The van der Waals surface area contributed by atoms with E-state index in [0.29, 0.717) is 11.2 Å². The Hall–Kier alpha value is -0.213. The van der Waals surface area contributed by atoms with Gasteiger partial charge in [-0.1, -0.05) is 0 Å². The Morgan fingerprint density at radius 1 is 1.29 bits per heavy atom. The molecule has 0 amide bonds. The van der Waals surface area contributed by atoms with Crippen LogP contribution in [0, 0.1) is 0 Å². The van der Waals surface area contributed by atoms with E-state index < -0.39 is 8.80 Å². The molecule has 0 spiro atoms. The van der Waals surface area contributed by atoms with Gasteiger partial charge in [0.1, 0.15) is 0 Å². The van der Waals surface area contributed by atoms with Gasteiger partial charge in [-0.3, -0.25) is 4.99 Å². The number of rotatable bonds is 5. The molecule has 14 heavy (non-hydrogen) atoms. The fourth-order valence-electron chi connectivity index (χ4n) is 0.925. The largest absolute Gasteiger partial charge is 0.575 e. The molecule has 0 aliphatic rings. The lowest BCUT2D eigenvalue weighted by molar-refractivity contribution is 0.144. The first-order valence-corrected chi connectivity index (χ1v) is 6.32. The Morgan fingerprint density at radius 2 is 1.79 bits per heavy atom. The highest BCUT2D eigenvalue weighted by molar-refractivity contribution is 7.80. The maximum Gasteiger partial charge on any atom is 0.575 e. The summed E-state index contributed by atoms with van der Waals surface area (Å²) in [7, 11) is 3.29. The molecule has 0 aromatic heterocycles. The minimum Gasteiger partial charge on any atom is -0.372 e. The molecule has 0 radical (unpaired) electrons.